The molecule has 0 spiro atoms. The van der Waals surface area contributed by atoms with Gasteiger partial charge in [0.1, 0.15) is 11.5 Å². The van der Waals surface area contributed by atoms with Crippen LogP contribution in [0.4, 0.5) is 0 Å². The fraction of sp³-hybridized carbons (Fsp3) is 0.381. The van der Waals surface area contributed by atoms with Gasteiger partial charge in [-0.1, -0.05) is 24.3 Å². The molecule has 0 heterocycles. The van der Waals surface area contributed by atoms with Crippen molar-refractivity contribution in [2.45, 2.75) is 32.3 Å². The average Bonchev–Trinajstić information content (AvgIpc) is 2.67. The number of methoxy groups -OCH3 is 1. The summed E-state index contributed by atoms with van der Waals surface area (Å²) in [4.78, 5) is 12.5. The zero-order valence-corrected chi connectivity index (χ0v) is 15.5. The number of para-hydroxylation sites is 1. The van der Waals surface area contributed by atoms with Crippen LogP contribution < -0.4 is 9.47 Å². The molecule has 0 radical (unpaired) electrons. The lowest BCUT2D eigenvalue weighted by molar-refractivity contribution is -0.149. The maximum Gasteiger partial charge on any atom is 0.315 e. The second-order valence-electron chi connectivity index (χ2n) is 6.50. The molecule has 26 heavy (non-hydrogen) atoms. The number of esters is 1. The smallest absolute Gasteiger partial charge is 0.315 e. The monoisotopic (exact) mass is 358 g/mol. The standard InChI is InChI=1S/C21H26O5/c1-21(2,17-12-16(15-22)13-19(14-17)24-3)20(23)26-11-7-10-25-18-8-5-4-6-9-18/h4-6,8-9,12-14,22H,7,10-11,15H2,1-3H3. The van der Waals surface area contributed by atoms with Crippen molar-refractivity contribution >= 4 is 5.97 Å². The molecule has 0 atom stereocenters. The van der Waals surface area contributed by atoms with Crippen molar-refractivity contribution in [3.8, 4) is 11.5 Å². The Kier molecular flexibility index (Phi) is 7.04. The molecule has 0 fully saturated rings. The molecular weight excluding hydrogens is 332 g/mol. The normalized spacial score (nSPS) is 11.1. The first-order chi connectivity index (χ1) is 12.5. The van der Waals surface area contributed by atoms with E-state index >= 15 is 0 Å². The molecule has 0 aromatic heterocycles. The van der Waals surface area contributed by atoms with E-state index in [-0.39, 0.29) is 19.2 Å². The Labute approximate surface area is 154 Å². The van der Waals surface area contributed by atoms with Crippen LogP contribution >= 0.6 is 0 Å². The van der Waals surface area contributed by atoms with E-state index in [4.69, 9.17) is 14.2 Å². The SMILES string of the molecule is COc1cc(CO)cc(C(C)(C)C(=O)OCCCOc2ccccc2)c1. The van der Waals surface area contributed by atoms with E-state index in [0.29, 0.717) is 24.3 Å². The third kappa shape index (κ3) is 5.23. The molecular formula is C21H26O5. The lowest BCUT2D eigenvalue weighted by Crippen LogP contribution is -2.31. The van der Waals surface area contributed by atoms with Gasteiger partial charge in [-0.25, -0.2) is 0 Å². The van der Waals surface area contributed by atoms with Crippen molar-refractivity contribution in [2.75, 3.05) is 20.3 Å². The van der Waals surface area contributed by atoms with Crippen LogP contribution in [-0.2, 0) is 21.6 Å². The van der Waals surface area contributed by atoms with Gasteiger partial charge in [0.2, 0.25) is 0 Å². The van der Waals surface area contributed by atoms with Gasteiger partial charge < -0.3 is 19.3 Å². The number of hydrogen-bond acceptors (Lipinski definition) is 5. The van der Waals surface area contributed by atoms with Crippen LogP contribution in [0.1, 0.15) is 31.4 Å². The van der Waals surface area contributed by atoms with E-state index in [1.807, 2.05) is 30.3 Å². The highest BCUT2D eigenvalue weighted by Gasteiger charge is 2.32. The van der Waals surface area contributed by atoms with Crippen molar-refractivity contribution in [1.82, 2.24) is 0 Å². The van der Waals surface area contributed by atoms with Crippen molar-refractivity contribution in [2.24, 2.45) is 0 Å². The van der Waals surface area contributed by atoms with E-state index in [0.717, 1.165) is 11.3 Å². The summed E-state index contributed by atoms with van der Waals surface area (Å²) in [7, 11) is 1.55. The first-order valence-electron chi connectivity index (χ1n) is 8.61. The van der Waals surface area contributed by atoms with Crippen molar-refractivity contribution in [3.63, 3.8) is 0 Å². The van der Waals surface area contributed by atoms with Gasteiger partial charge in [0.25, 0.3) is 0 Å². The molecule has 0 saturated carbocycles. The summed E-state index contributed by atoms with van der Waals surface area (Å²) in [6.45, 7) is 4.24. The molecule has 5 nitrogen and oxygen atoms in total. The third-order valence-electron chi connectivity index (χ3n) is 4.15. The molecule has 0 aliphatic rings. The molecule has 0 aliphatic carbocycles. The minimum absolute atomic E-state index is 0.119. The Hall–Kier alpha value is -2.53. The summed E-state index contributed by atoms with van der Waals surface area (Å²) in [6, 6.07) is 14.8. The molecule has 0 saturated heterocycles. The molecule has 5 heteroatoms. The average molecular weight is 358 g/mol. The molecule has 2 aromatic rings. The van der Waals surface area contributed by atoms with Crippen molar-refractivity contribution in [1.29, 1.82) is 0 Å². The minimum atomic E-state index is -0.848. The molecule has 0 aliphatic heterocycles. The van der Waals surface area contributed by atoms with Crippen LogP contribution in [0.2, 0.25) is 0 Å². The van der Waals surface area contributed by atoms with E-state index in [9.17, 15) is 9.90 Å². The number of benzene rings is 2. The van der Waals surface area contributed by atoms with E-state index < -0.39 is 5.41 Å². The van der Waals surface area contributed by atoms with Crippen molar-refractivity contribution in [3.05, 3.63) is 59.7 Å². The Balaban J connectivity index is 1.89. The highest BCUT2D eigenvalue weighted by molar-refractivity contribution is 5.82. The lowest BCUT2D eigenvalue weighted by Gasteiger charge is -2.24. The number of aliphatic hydroxyl groups is 1. The number of hydrogen-bond donors (Lipinski definition) is 1. The topological polar surface area (TPSA) is 65.0 Å². The van der Waals surface area contributed by atoms with Crippen molar-refractivity contribution < 1.29 is 24.1 Å². The van der Waals surface area contributed by atoms with Gasteiger partial charge in [0, 0.05) is 6.42 Å². The zero-order valence-electron chi connectivity index (χ0n) is 15.5. The second-order valence-corrected chi connectivity index (χ2v) is 6.50. The van der Waals surface area contributed by atoms with Gasteiger partial charge in [-0.2, -0.15) is 0 Å². The summed E-state index contributed by atoms with van der Waals surface area (Å²) in [6.07, 6.45) is 0.608. The Morgan fingerprint density at radius 2 is 1.77 bits per heavy atom. The molecule has 1 N–H and O–H groups in total. The molecule has 0 unspecified atom stereocenters. The lowest BCUT2D eigenvalue weighted by atomic mass is 9.84. The van der Waals surface area contributed by atoms with Crippen LogP contribution in [0.5, 0.6) is 11.5 Å². The second kappa shape index (κ2) is 9.25. The largest absolute Gasteiger partial charge is 0.497 e. The first kappa shape index (κ1) is 19.8. The number of ether oxygens (including phenoxy) is 3. The van der Waals surface area contributed by atoms with Crippen LogP contribution in [0.15, 0.2) is 48.5 Å². The Bertz CT molecular complexity index is 687. The molecule has 140 valence electrons. The number of carbonyl (C=O) groups is 1. The fourth-order valence-electron chi connectivity index (χ4n) is 2.46. The van der Waals surface area contributed by atoms with Gasteiger partial charge in [-0.15, -0.1) is 0 Å². The fourth-order valence-corrected chi connectivity index (χ4v) is 2.46. The predicted molar refractivity (Wildman–Crippen MR) is 99.5 cm³/mol. The van der Waals surface area contributed by atoms with E-state index in [1.165, 1.54) is 0 Å². The number of rotatable bonds is 9. The van der Waals surface area contributed by atoms with Crippen LogP contribution in [0, 0.1) is 0 Å². The highest BCUT2D eigenvalue weighted by atomic mass is 16.5. The van der Waals surface area contributed by atoms with Gasteiger partial charge in [0.05, 0.1) is 32.3 Å². The maximum atomic E-state index is 12.5. The van der Waals surface area contributed by atoms with Crippen LogP contribution in [-0.4, -0.2) is 31.4 Å². The van der Waals surface area contributed by atoms with Gasteiger partial charge in [-0.3, -0.25) is 4.79 Å². The van der Waals surface area contributed by atoms with E-state index in [1.54, 1.807) is 39.2 Å². The van der Waals surface area contributed by atoms with Gasteiger partial charge >= 0.3 is 5.97 Å². The molecule has 2 aromatic carbocycles. The van der Waals surface area contributed by atoms with Gasteiger partial charge in [0.15, 0.2) is 0 Å². The molecule has 0 bridgehead atoms. The van der Waals surface area contributed by atoms with E-state index in [2.05, 4.69) is 0 Å². The van der Waals surface area contributed by atoms with Gasteiger partial charge in [-0.05, 0) is 49.2 Å². The summed E-state index contributed by atoms with van der Waals surface area (Å²) in [5, 5.41) is 9.40. The Morgan fingerprint density at radius 1 is 1.04 bits per heavy atom. The highest BCUT2D eigenvalue weighted by Crippen LogP contribution is 2.29. The molecule has 2 rings (SSSR count). The summed E-state index contributed by atoms with van der Waals surface area (Å²) < 4.78 is 16.3. The Morgan fingerprint density at radius 3 is 2.42 bits per heavy atom. The summed E-state index contributed by atoms with van der Waals surface area (Å²) >= 11 is 0. The van der Waals surface area contributed by atoms with Crippen LogP contribution in [0.3, 0.4) is 0 Å². The van der Waals surface area contributed by atoms with Crippen LogP contribution in [0.25, 0.3) is 0 Å². The number of aliphatic hydroxyl groups excluding tert-OH is 1. The zero-order chi connectivity index (χ0) is 19.0. The predicted octanol–water partition coefficient (Wildman–Crippen LogP) is 3.48. The first-order valence-corrected chi connectivity index (χ1v) is 8.61. The number of carbonyl (C=O) groups excluding carboxylic acids is 1. The third-order valence-corrected chi connectivity index (χ3v) is 4.15. The summed E-state index contributed by atoms with van der Waals surface area (Å²) in [5.41, 5.74) is 0.585. The maximum absolute atomic E-state index is 12.5. The minimum Gasteiger partial charge on any atom is -0.497 e. The molecule has 0 amide bonds. The summed E-state index contributed by atoms with van der Waals surface area (Å²) in [5.74, 6) is 1.07. The quantitative estimate of drug-likeness (QED) is 0.549.